The largest absolute Gasteiger partial charge is 0.354 e. The van der Waals surface area contributed by atoms with E-state index in [1.807, 2.05) is 44.2 Å². The molecule has 1 aliphatic heterocycles. The van der Waals surface area contributed by atoms with Gasteiger partial charge in [-0.1, -0.05) is 40.9 Å². The van der Waals surface area contributed by atoms with Gasteiger partial charge in [0.2, 0.25) is 16.0 Å². The van der Waals surface area contributed by atoms with Gasteiger partial charge in [-0.2, -0.15) is 9.29 Å². The van der Waals surface area contributed by atoms with Crippen LogP contribution in [0, 0.1) is 13.8 Å². The third kappa shape index (κ3) is 4.99. The van der Waals surface area contributed by atoms with Crippen LogP contribution in [0.4, 0.5) is 17.5 Å². The first-order valence-electron chi connectivity index (χ1n) is 10.1. The fraction of sp³-hybridized carbons (Fsp3) is 0.273. The van der Waals surface area contributed by atoms with Crippen LogP contribution < -0.4 is 10.2 Å². The summed E-state index contributed by atoms with van der Waals surface area (Å²) in [6, 6.07) is 14.3. The zero-order valence-corrected chi connectivity index (χ0v) is 20.0. The monoisotopic (exact) mass is 491 g/mol. The van der Waals surface area contributed by atoms with Crippen LogP contribution in [-0.4, -0.2) is 48.9 Å². The van der Waals surface area contributed by atoms with Gasteiger partial charge in [0.25, 0.3) is 0 Å². The molecule has 168 valence electrons. The molecule has 1 aromatic heterocycles. The molecule has 0 spiro atoms. The van der Waals surface area contributed by atoms with Crippen molar-refractivity contribution in [3.05, 3.63) is 69.8 Å². The average molecular weight is 492 g/mol. The maximum atomic E-state index is 13.0. The summed E-state index contributed by atoms with van der Waals surface area (Å²) < 4.78 is 27.5. The van der Waals surface area contributed by atoms with Gasteiger partial charge in [0.15, 0.2) is 0 Å². The fourth-order valence-corrected chi connectivity index (χ4v) is 5.29. The lowest BCUT2D eigenvalue weighted by molar-refractivity contribution is 0.384. The van der Waals surface area contributed by atoms with Crippen molar-refractivity contribution in [2.45, 2.75) is 18.7 Å². The predicted octanol–water partition coefficient (Wildman–Crippen LogP) is 4.65. The molecule has 0 atom stereocenters. The Labute approximate surface area is 198 Å². The number of rotatable bonds is 5. The third-order valence-corrected chi connectivity index (χ3v) is 7.87. The van der Waals surface area contributed by atoms with Crippen LogP contribution in [-0.2, 0) is 10.0 Å². The summed E-state index contributed by atoms with van der Waals surface area (Å²) in [4.78, 5) is 11.3. The van der Waals surface area contributed by atoms with Gasteiger partial charge in [0.1, 0.15) is 5.82 Å². The quantitative estimate of drug-likeness (QED) is 0.559. The number of sulfonamides is 1. The number of nitrogens with one attached hydrogen (secondary N) is 1. The minimum atomic E-state index is -3.65. The fourth-order valence-electron chi connectivity index (χ4n) is 3.48. The van der Waals surface area contributed by atoms with Gasteiger partial charge in [0.05, 0.1) is 14.9 Å². The molecule has 1 N–H and O–H groups in total. The van der Waals surface area contributed by atoms with Crippen LogP contribution in [0.25, 0.3) is 0 Å². The third-order valence-electron chi connectivity index (χ3n) is 5.24. The van der Waals surface area contributed by atoms with E-state index in [2.05, 4.69) is 20.2 Å². The molecule has 4 rings (SSSR count). The van der Waals surface area contributed by atoms with Crippen molar-refractivity contribution in [1.82, 2.24) is 14.3 Å². The maximum Gasteiger partial charge on any atom is 0.243 e. The number of anilines is 3. The second-order valence-electron chi connectivity index (χ2n) is 7.65. The number of nitrogens with zero attached hydrogens (tertiary/aromatic N) is 4. The first kappa shape index (κ1) is 22.8. The number of piperazine rings is 1. The lowest BCUT2D eigenvalue weighted by atomic mass is 10.2. The Kier molecular flexibility index (Phi) is 6.57. The number of hydrogen-bond donors (Lipinski definition) is 1. The zero-order valence-electron chi connectivity index (χ0n) is 17.7. The summed E-state index contributed by atoms with van der Waals surface area (Å²) in [7, 11) is -3.65. The Bertz CT molecular complexity index is 1230. The molecular weight excluding hydrogens is 469 g/mol. The number of aryl methyl sites for hydroxylation is 2. The highest BCUT2D eigenvalue weighted by Gasteiger charge is 2.29. The standard InChI is InChI=1S/C22H23Cl2N5O2S/c1-15-3-5-17(6-4-15)26-22-25-16(2)13-21(27-22)28-9-11-29(12-10-28)32(30,31)18-7-8-19(23)20(24)14-18/h3-8,13-14H,9-12H2,1-2H3,(H,25,26,27). The lowest BCUT2D eigenvalue weighted by Gasteiger charge is -2.34. The predicted molar refractivity (Wildman–Crippen MR) is 129 cm³/mol. The normalized spacial score (nSPS) is 15.1. The summed E-state index contributed by atoms with van der Waals surface area (Å²) in [5.41, 5.74) is 2.91. The van der Waals surface area contributed by atoms with Gasteiger partial charge in [-0.25, -0.2) is 13.4 Å². The highest BCUT2D eigenvalue weighted by Crippen LogP contribution is 2.28. The molecule has 1 saturated heterocycles. The molecule has 32 heavy (non-hydrogen) atoms. The van der Waals surface area contributed by atoms with Crippen LogP contribution in [0.5, 0.6) is 0 Å². The van der Waals surface area contributed by atoms with Crippen LogP contribution in [0.3, 0.4) is 0 Å². The van der Waals surface area contributed by atoms with Crippen molar-refractivity contribution in [2.24, 2.45) is 0 Å². The Balaban J connectivity index is 1.47. The van der Waals surface area contributed by atoms with E-state index in [1.165, 1.54) is 28.1 Å². The molecule has 7 nitrogen and oxygen atoms in total. The van der Waals surface area contributed by atoms with E-state index in [-0.39, 0.29) is 9.92 Å². The summed E-state index contributed by atoms with van der Waals surface area (Å²) in [5.74, 6) is 1.27. The van der Waals surface area contributed by atoms with Crippen LogP contribution >= 0.6 is 23.2 Å². The highest BCUT2D eigenvalue weighted by atomic mass is 35.5. The topological polar surface area (TPSA) is 78.4 Å². The second kappa shape index (κ2) is 9.23. The van der Waals surface area contributed by atoms with Crippen molar-refractivity contribution >= 4 is 50.7 Å². The van der Waals surface area contributed by atoms with Crippen molar-refractivity contribution in [1.29, 1.82) is 0 Å². The SMILES string of the molecule is Cc1ccc(Nc2nc(C)cc(N3CCN(S(=O)(=O)c4ccc(Cl)c(Cl)c4)CC3)n2)cc1. The summed E-state index contributed by atoms with van der Waals surface area (Å²) >= 11 is 11.9. The van der Waals surface area contributed by atoms with E-state index in [4.69, 9.17) is 23.2 Å². The first-order chi connectivity index (χ1) is 15.2. The molecule has 1 fully saturated rings. The van der Waals surface area contributed by atoms with Gasteiger partial charge < -0.3 is 10.2 Å². The van der Waals surface area contributed by atoms with Gasteiger partial charge in [-0.05, 0) is 44.2 Å². The summed E-state index contributed by atoms with van der Waals surface area (Å²) in [6.45, 7) is 5.66. The number of aromatic nitrogens is 2. The Hall–Kier alpha value is -2.39. The van der Waals surface area contributed by atoms with Gasteiger partial charge in [-0.15, -0.1) is 0 Å². The lowest BCUT2D eigenvalue weighted by Crippen LogP contribution is -2.49. The Morgan fingerprint density at radius 1 is 0.875 bits per heavy atom. The van der Waals surface area contributed by atoms with E-state index in [1.54, 1.807) is 0 Å². The summed E-state index contributed by atoms with van der Waals surface area (Å²) in [6.07, 6.45) is 0. The van der Waals surface area contributed by atoms with Crippen molar-refractivity contribution in [3.63, 3.8) is 0 Å². The van der Waals surface area contributed by atoms with Gasteiger partial charge in [-0.3, -0.25) is 0 Å². The van der Waals surface area contributed by atoms with E-state index in [0.29, 0.717) is 37.1 Å². The minimum absolute atomic E-state index is 0.141. The molecule has 10 heteroatoms. The van der Waals surface area contributed by atoms with E-state index >= 15 is 0 Å². The molecule has 0 aliphatic carbocycles. The average Bonchev–Trinajstić information content (AvgIpc) is 2.77. The van der Waals surface area contributed by atoms with E-state index in [9.17, 15) is 8.42 Å². The van der Waals surface area contributed by atoms with E-state index in [0.717, 1.165) is 17.2 Å². The molecular formula is C22H23Cl2N5O2S. The van der Waals surface area contributed by atoms with Crippen LogP contribution in [0.1, 0.15) is 11.3 Å². The molecule has 0 bridgehead atoms. The zero-order chi connectivity index (χ0) is 22.9. The van der Waals surface area contributed by atoms with E-state index < -0.39 is 10.0 Å². The Morgan fingerprint density at radius 3 is 2.22 bits per heavy atom. The molecule has 3 aromatic rings. The maximum absolute atomic E-state index is 13.0. The number of halogens is 2. The molecule has 1 aliphatic rings. The molecule has 0 saturated carbocycles. The van der Waals surface area contributed by atoms with Crippen molar-refractivity contribution in [2.75, 3.05) is 36.4 Å². The van der Waals surface area contributed by atoms with Crippen LogP contribution in [0.15, 0.2) is 53.4 Å². The molecule has 0 radical (unpaired) electrons. The molecule has 2 aromatic carbocycles. The number of benzene rings is 2. The van der Waals surface area contributed by atoms with Crippen LogP contribution in [0.2, 0.25) is 10.0 Å². The Morgan fingerprint density at radius 2 is 1.56 bits per heavy atom. The van der Waals surface area contributed by atoms with Gasteiger partial charge in [0, 0.05) is 43.6 Å². The molecule has 0 unspecified atom stereocenters. The van der Waals surface area contributed by atoms with Crippen molar-refractivity contribution in [3.8, 4) is 0 Å². The number of hydrogen-bond acceptors (Lipinski definition) is 6. The van der Waals surface area contributed by atoms with Gasteiger partial charge >= 0.3 is 0 Å². The smallest absolute Gasteiger partial charge is 0.243 e. The second-order valence-corrected chi connectivity index (χ2v) is 10.4. The minimum Gasteiger partial charge on any atom is -0.354 e. The first-order valence-corrected chi connectivity index (χ1v) is 12.3. The molecule has 0 amide bonds. The van der Waals surface area contributed by atoms with Crippen molar-refractivity contribution < 1.29 is 8.42 Å². The highest BCUT2D eigenvalue weighted by molar-refractivity contribution is 7.89. The molecule has 2 heterocycles. The summed E-state index contributed by atoms with van der Waals surface area (Å²) in [5, 5.41) is 3.78.